The van der Waals surface area contributed by atoms with Crippen molar-refractivity contribution in [2.24, 2.45) is 5.73 Å². The smallest absolute Gasteiger partial charge is 0.227 e. The average molecular weight is 456 g/mol. The lowest BCUT2D eigenvalue weighted by atomic mass is 9.83. The molecule has 0 saturated carbocycles. The molecule has 5 N–H and O–H groups in total. The summed E-state index contributed by atoms with van der Waals surface area (Å²) < 4.78 is 5.81. The minimum atomic E-state index is -0.488. The van der Waals surface area contributed by atoms with Gasteiger partial charge in [-0.25, -0.2) is 9.97 Å². The van der Waals surface area contributed by atoms with E-state index in [1.165, 1.54) is 0 Å². The fraction of sp³-hybridized carbons (Fsp3) is 0.280. The van der Waals surface area contributed by atoms with Gasteiger partial charge in [0.1, 0.15) is 11.8 Å². The normalized spacial score (nSPS) is 16.1. The van der Waals surface area contributed by atoms with Crippen LogP contribution >= 0.6 is 0 Å². The molecule has 172 valence electrons. The summed E-state index contributed by atoms with van der Waals surface area (Å²) in [5.74, 6) is 0.883. The van der Waals surface area contributed by atoms with Crippen LogP contribution in [-0.4, -0.2) is 41.4 Å². The van der Waals surface area contributed by atoms with Gasteiger partial charge in [0, 0.05) is 23.7 Å². The quantitative estimate of drug-likeness (QED) is 0.375. The Bertz CT molecular complexity index is 1300. The highest BCUT2D eigenvalue weighted by Gasteiger charge is 2.36. The maximum Gasteiger partial charge on any atom is 0.227 e. The van der Waals surface area contributed by atoms with E-state index >= 15 is 0 Å². The van der Waals surface area contributed by atoms with Crippen molar-refractivity contribution in [3.63, 3.8) is 0 Å². The highest BCUT2D eigenvalue weighted by Crippen LogP contribution is 2.41. The molecule has 9 heteroatoms. The van der Waals surface area contributed by atoms with Gasteiger partial charge in [-0.05, 0) is 54.9 Å². The lowest BCUT2D eigenvalue weighted by Gasteiger charge is -2.21. The average Bonchev–Trinajstić information content (AvgIpc) is 3.21. The number of hydrogen-bond donors (Lipinski definition) is 4. The molecule has 0 amide bonds. The number of aliphatic hydroxyl groups excluding tert-OH is 1. The van der Waals surface area contributed by atoms with E-state index in [2.05, 4.69) is 32.7 Å². The Morgan fingerprint density at radius 2 is 2.09 bits per heavy atom. The lowest BCUT2D eigenvalue weighted by molar-refractivity contribution is 0.219. The van der Waals surface area contributed by atoms with E-state index in [1.807, 2.05) is 13.0 Å². The number of rotatable bonds is 8. The van der Waals surface area contributed by atoms with Crippen LogP contribution in [0.3, 0.4) is 0 Å². The van der Waals surface area contributed by atoms with Gasteiger partial charge < -0.3 is 26.2 Å². The summed E-state index contributed by atoms with van der Waals surface area (Å²) in [6.45, 7) is 3.43. The summed E-state index contributed by atoms with van der Waals surface area (Å²) in [7, 11) is 0. The van der Waals surface area contributed by atoms with E-state index in [9.17, 15) is 15.6 Å². The van der Waals surface area contributed by atoms with Gasteiger partial charge >= 0.3 is 0 Å². The Labute approximate surface area is 197 Å². The van der Waals surface area contributed by atoms with Gasteiger partial charge in [-0.2, -0.15) is 10.5 Å². The van der Waals surface area contributed by atoms with Crippen LogP contribution in [0, 0.1) is 22.7 Å². The Morgan fingerprint density at radius 1 is 1.24 bits per heavy atom. The number of nitrogens with two attached hydrogens (primary N) is 1. The van der Waals surface area contributed by atoms with Crippen LogP contribution in [-0.2, 0) is 5.41 Å². The molecule has 2 heterocycles. The fourth-order valence-corrected chi connectivity index (χ4v) is 3.85. The first kappa shape index (κ1) is 23.0. The summed E-state index contributed by atoms with van der Waals surface area (Å²) in [6.07, 6.45) is 2.32. The molecule has 0 fully saturated rings. The SMILES string of the molecule is CC1(CO)CNc2c(C#N)cc(-c3ccnc(Nc4cc(C#N)ccc4OCCCN)n3)cc21. The second-order valence-electron chi connectivity index (χ2n) is 8.33. The highest BCUT2D eigenvalue weighted by atomic mass is 16.5. The van der Waals surface area contributed by atoms with Gasteiger partial charge in [0.25, 0.3) is 0 Å². The Hall–Kier alpha value is -4.18. The number of aliphatic hydroxyl groups is 1. The number of aromatic nitrogens is 2. The number of nitrogens with one attached hydrogen (secondary N) is 2. The van der Waals surface area contributed by atoms with Crippen LogP contribution in [0.5, 0.6) is 5.75 Å². The molecule has 0 radical (unpaired) electrons. The summed E-state index contributed by atoms with van der Waals surface area (Å²) in [4.78, 5) is 8.95. The third kappa shape index (κ3) is 4.48. The molecule has 0 aliphatic carbocycles. The predicted molar refractivity (Wildman–Crippen MR) is 129 cm³/mol. The molecule has 34 heavy (non-hydrogen) atoms. The van der Waals surface area contributed by atoms with Crippen molar-refractivity contribution < 1.29 is 9.84 Å². The molecular formula is C25H25N7O2. The van der Waals surface area contributed by atoms with Gasteiger partial charge in [0.2, 0.25) is 5.95 Å². The van der Waals surface area contributed by atoms with E-state index < -0.39 is 5.41 Å². The van der Waals surface area contributed by atoms with E-state index in [-0.39, 0.29) is 6.61 Å². The summed E-state index contributed by atoms with van der Waals surface area (Å²) in [6, 6.07) is 14.9. The zero-order valence-corrected chi connectivity index (χ0v) is 18.8. The van der Waals surface area contributed by atoms with Gasteiger partial charge in [0.15, 0.2) is 0 Å². The number of benzene rings is 2. The van der Waals surface area contributed by atoms with Crippen LogP contribution in [0.1, 0.15) is 30.0 Å². The fourth-order valence-electron chi connectivity index (χ4n) is 3.85. The number of ether oxygens (including phenoxy) is 1. The molecule has 1 aliphatic rings. The van der Waals surface area contributed by atoms with Gasteiger partial charge in [0.05, 0.1) is 47.5 Å². The van der Waals surface area contributed by atoms with Crippen molar-refractivity contribution in [1.29, 1.82) is 10.5 Å². The zero-order chi connectivity index (χ0) is 24.1. The maximum absolute atomic E-state index is 9.95. The topological polar surface area (TPSA) is 153 Å². The number of fused-ring (bicyclic) bond motifs is 1. The van der Waals surface area contributed by atoms with Crippen LogP contribution in [0.4, 0.5) is 17.3 Å². The molecule has 1 aromatic heterocycles. The Morgan fingerprint density at radius 3 is 2.82 bits per heavy atom. The second-order valence-corrected chi connectivity index (χ2v) is 8.33. The number of anilines is 3. The Kier molecular flexibility index (Phi) is 6.60. The van der Waals surface area contributed by atoms with Crippen molar-refractivity contribution in [2.45, 2.75) is 18.8 Å². The van der Waals surface area contributed by atoms with Gasteiger partial charge in [-0.3, -0.25) is 0 Å². The molecule has 3 aromatic rings. The standard InChI is InChI=1S/C25H25N7O2/c1-25(15-33)14-30-23-18(13-28)10-17(11-19(23)25)20-5-7-29-24(31-20)32-21-9-16(12-27)3-4-22(21)34-8-2-6-26/h3-5,7,9-11,30,33H,2,6,8,14-15,26H2,1H3,(H,29,31,32). The summed E-state index contributed by atoms with van der Waals surface area (Å²) in [5.41, 5.74) is 9.60. The third-order valence-corrected chi connectivity index (χ3v) is 5.83. The molecule has 2 aromatic carbocycles. The van der Waals surface area contributed by atoms with Crippen molar-refractivity contribution in [2.75, 3.05) is 36.9 Å². The van der Waals surface area contributed by atoms with E-state index in [0.717, 1.165) is 16.8 Å². The first-order valence-corrected chi connectivity index (χ1v) is 10.9. The predicted octanol–water partition coefficient (Wildman–Crippen LogP) is 3.03. The van der Waals surface area contributed by atoms with Crippen molar-refractivity contribution in [3.05, 3.63) is 59.3 Å². The third-order valence-electron chi connectivity index (χ3n) is 5.83. The first-order valence-electron chi connectivity index (χ1n) is 10.9. The molecule has 9 nitrogen and oxygen atoms in total. The van der Waals surface area contributed by atoms with Gasteiger partial charge in [-0.15, -0.1) is 0 Å². The van der Waals surface area contributed by atoms with Crippen LogP contribution in [0.2, 0.25) is 0 Å². The number of nitriles is 2. The zero-order valence-electron chi connectivity index (χ0n) is 18.8. The van der Waals surface area contributed by atoms with Crippen LogP contribution in [0.25, 0.3) is 11.3 Å². The first-order chi connectivity index (χ1) is 16.5. The minimum Gasteiger partial charge on any atom is -0.491 e. The largest absolute Gasteiger partial charge is 0.491 e. The van der Waals surface area contributed by atoms with E-state index in [1.54, 1.807) is 36.5 Å². The molecule has 0 spiro atoms. The van der Waals surface area contributed by atoms with Crippen molar-refractivity contribution in [3.8, 4) is 29.1 Å². The Balaban J connectivity index is 1.69. The van der Waals surface area contributed by atoms with Crippen molar-refractivity contribution >= 4 is 17.3 Å². The molecule has 1 unspecified atom stereocenters. The van der Waals surface area contributed by atoms with E-state index in [0.29, 0.717) is 60.3 Å². The molecule has 4 rings (SSSR count). The van der Waals surface area contributed by atoms with Gasteiger partial charge in [-0.1, -0.05) is 6.92 Å². The number of nitrogens with zero attached hydrogens (tertiary/aromatic N) is 4. The lowest BCUT2D eigenvalue weighted by Crippen LogP contribution is -2.28. The van der Waals surface area contributed by atoms with Crippen LogP contribution < -0.4 is 21.1 Å². The maximum atomic E-state index is 9.95. The molecule has 1 aliphatic heterocycles. The molecular weight excluding hydrogens is 430 g/mol. The van der Waals surface area contributed by atoms with E-state index in [4.69, 9.17) is 10.5 Å². The molecule has 0 bridgehead atoms. The highest BCUT2D eigenvalue weighted by molar-refractivity contribution is 5.76. The summed E-state index contributed by atoms with van der Waals surface area (Å²) in [5, 5.41) is 35.3. The molecule has 0 saturated heterocycles. The number of hydrogen-bond acceptors (Lipinski definition) is 9. The second kappa shape index (κ2) is 9.75. The monoisotopic (exact) mass is 455 g/mol. The molecule has 1 atom stereocenters. The van der Waals surface area contributed by atoms with Crippen molar-refractivity contribution in [1.82, 2.24) is 9.97 Å². The van der Waals surface area contributed by atoms with Crippen LogP contribution in [0.15, 0.2) is 42.6 Å². The minimum absolute atomic E-state index is 0.0416. The summed E-state index contributed by atoms with van der Waals surface area (Å²) >= 11 is 0.